The van der Waals surface area contributed by atoms with Crippen LogP contribution in [0.25, 0.3) is 21.5 Å². The Hall–Kier alpha value is -6.44. The zero-order valence-electron chi connectivity index (χ0n) is 40.3. The number of carbonyl (C=O) groups is 2. The van der Waals surface area contributed by atoms with Gasteiger partial charge in [-0.15, -0.1) is 12.8 Å². The number of sulfonamides is 2. The number of nitrogens with one attached hydrogen (secondary N) is 2. The van der Waals surface area contributed by atoms with E-state index in [2.05, 4.69) is 49.0 Å². The summed E-state index contributed by atoms with van der Waals surface area (Å²) in [5, 5.41) is 12.3. The van der Waals surface area contributed by atoms with Gasteiger partial charge in [0.05, 0.1) is 54.2 Å². The summed E-state index contributed by atoms with van der Waals surface area (Å²) in [5.74, 6) is 4.62. The molecule has 0 spiro atoms. The van der Waals surface area contributed by atoms with Gasteiger partial charge in [0.2, 0.25) is 0 Å². The van der Waals surface area contributed by atoms with Crippen LogP contribution in [0.3, 0.4) is 0 Å². The van der Waals surface area contributed by atoms with Gasteiger partial charge in [0, 0.05) is 45.0 Å². The second-order valence-electron chi connectivity index (χ2n) is 16.8. The Morgan fingerprint density at radius 1 is 0.580 bits per heavy atom. The van der Waals surface area contributed by atoms with Crippen LogP contribution in [0.1, 0.15) is 77.3 Å². The first-order valence-corrected chi connectivity index (χ1v) is 24.8. The number of ether oxygens (including phenoxy) is 1. The van der Waals surface area contributed by atoms with Crippen molar-refractivity contribution in [1.29, 1.82) is 0 Å². The van der Waals surface area contributed by atoms with Gasteiger partial charge in [-0.2, -0.15) is 0 Å². The molecule has 0 saturated carbocycles. The molecule has 0 aliphatic carbocycles. The fourth-order valence-electron chi connectivity index (χ4n) is 7.67. The molecule has 0 aromatic heterocycles. The molecule has 6 aromatic rings. The number of aliphatic carboxylic acids is 1. The zero-order chi connectivity index (χ0) is 49.1. The van der Waals surface area contributed by atoms with Gasteiger partial charge in [0.15, 0.2) is 0 Å². The average molecular weight is 967 g/mol. The van der Waals surface area contributed by atoms with Crippen LogP contribution in [0.5, 0.6) is 0 Å². The number of fused-ring (bicyclic) bond motifs is 2. The number of nitrogens with zero attached hydrogens (tertiary/aromatic N) is 2. The van der Waals surface area contributed by atoms with Crippen LogP contribution in [0, 0.1) is 24.7 Å². The predicted molar refractivity (Wildman–Crippen MR) is 273 cm³/mol. The van der Waals surface area contributed by atoms with Crippen molar-refractivity contribution in [2.24, 2.45) is 0 Å². The van der Waals surface area contributed by atoms with E-state index in [1.807, 2.05) is 95.6 Å². The van der Waals surface area contributed by atoms with Crippen LogP contribution in [-0.2, 0) is 34.4 Å². The summed E-state index contributed by atoms with van der Waals surface area (Å²) in [7, 11) is -6.23. The van der Waals surface area contributed by atoms with Crippen molar-refractivity contribution >= 4 is 76.3 Å². The Morgan fingerprint density at radius 3 is 1.25 bits per heavy atom. The second kappa shape index (κ2) is 25.2. The number of carboxylic acid groups (broad SMARTS) is 1. The minimum atomic E-state index is -3.80. The van der Waals surface area contributed by atoms with Gasteiger partial charge < -0.3 is 25.1 Å². The summed E-state index contributed by atoms with van der Waals surface area (Å²) >= 11 is 0. The van der Waals surface area contributed by atoms with Crippen molar-refractivity contribution in [3.05, 3.63) is 132 Å². The molecule has 358 valence electrons. The third kappa shape index (κ3) is 14.3. The van der Waals surface area contributed by atoms with E-state index >= 15 is 0 Å². The summed E-state index contributed by atoms with van der Waals surface area (Å²) in [5.41, 5.74) is 4.61. The van der Waals surface area contributed by atoms with Crippen molar-refractivity contribution in [2.75, 3.05) is 39.4 Å². The predicted octanol–water partition coefficient (Wildman–Crippen LogP) is 7.05. The van der Waals surface area contributed by atoms with Crippen LogP contribution in [0.15, 0.2) is 131 Å². The Kier molecular flexibility index (Phi) is 20.8. The van der Waals surface area contributed by atoms with Gasteiger partial charge >= 0.3 is 30.8 Å². The Bertz CT molecular complexity index is 3020. The quantitative estimate of drug-likeness (QED) is 0.0454. The summed E-state index contributed by atoms with van der Waals surface area (Å²) in [6.07, 6.45) is 11.3. The zero-order valence-corrected chi connectivity index (χ0v) is 41.9. The van der Waals surface area contributed by atoms with Crippen LogP contribution >= 0.6 is 0 Å². The largest absolute Gasteiger partial charge is 1.00 e. The minimum absolute atomic E-state index is 0. The van der Waals surface area contributed by atoms with Crippen LogP contribution in [0.4, 0.5) is 22.7 Å². The van der Waals surface area contributed by atoms with Crippen LogP contribution in [-0.4, -0.2) is 71.6 Å². The number of hydrogen-bond donors (Lipinski definition) is 3. The Labute approximate surface area is 419 Å². The fourth-order valence-corrected chi connectivity index (χ4v) is 9.83. The molecule has 13 nitrogen and oxygen atoms in total. The number of carboxylic acids is 1. The minimum Gasteiger partial charge on any atom is -0.870 e. The average Bonchev–Trinajstić information content (AvgIpc) is 3.30. The second-order valence-corrected chi connectivity index (χ2v) is 20.1. The smallest absolute Gasteiger partial charge is 0.870 e. The molecule has 16 heteroatoms. The molecule has 6 rings (SSSR count). The summed E-state index contributed by atoms with van der Waals surface area (Å²) in [4.78, 5) is 27.3. The first kappa shape index (κ1) is 56.9. The van der Waals surface area contributed by atoms with Crippen molar-refractivity contribution in [3.63, 3.8) is 0 Å². The number of anilines is 4. The molecular formula is C53H59LiN4O9S2. The molecule has 6 aromatic carbocycles. The number of methoxy groups -OCH3 is 1. The summed E-state index contributed by atoms with van der Waals surface area (Å²) in [6, 6.07) is 35.1. The standard InChI is InChI=1S/C27H30N2O4S.C26H28N2O4S.Li.H2O/c1-6-17-29(20(4)18-27(30)33-5)26-16-15-25(23-9-7-8-10-24(23)26)28-34(31,32)22-13-11-21(12-14-22)19(2)3;1-5-16-28(19(4)17-26(29)30)25-15-14-24(22-8-6-7-9-23(22)25)27-33(31,32)21-12-10-20(11-13-21)18(2)3;;/h1,7-16,19-20,28H,17-18H2,2-5H3;1,6-15,18-19,27H,16-17H2,2-4H3,(H,29,30);;1H2/q;;+1;/p-1/t20-;19-;;/m00../s1. The number of esters is 1. The molecule has 2 atom stereocenters. The molecule has 4 N–H and O–H groups in total. The van der Waals surface area contributed by atoms with Gasteiger partial charge in [0.1, 0.15) is 0 Å². The molecule has 0 unspecified atom stereocenters. The Morgan fingerprint density at radius 2 is 0.928 bits per heavy atom. The van der Waals surface area contributed by atoms with E-state index in [1.54, 1.807) is 49.4 Å². The van der Waals surface area contributed by atoms with Crippen molar-refractivity contribution in [3.8, 4) is 24.7 Å². The van der Waals surface area contributed by atoms with Gasteiger partial charge in [-0.05, 0) is 85.3 Å². The summed E-state index contributed by atoms with van der Waals surface area (Å²) in [6.45, 7) is 12.4. The van der Waals surface area contributed by atoms with Crippen LogP contribution in [0.2, 0.25) is 0 Å². The Balaban J connectivity index is 0.000000355. The van der Waals surface area contributed by atoms with Gasteiger partial charge in [-0.1, -0.05) is 112 Å². The molecule has 0 aliphatic heterocycles. The third-order valence-corrected chi connectivity index (χ3v) is 14.1. The number of hydrogen-bond acceptors (Lipinski definition) is 10. The van der Waals surface area contributed by atoms with E-state index < -0.39 is 26.0 Å². The maximum Gasteiger partial charge on any atom is 1.00 e. The third-order valence-electron chi connectivity index (χ3n) is 11.4. The molecule has 0 bridgehead atoms. The van der Waals surface area contributed by atoms with Gasteiger partial charge in [-0.3, -0.25) is 19.0 Å². The molecule has 69 heavy (non-hydrogen) atoms. The SMILES string of the molecule is C#CCN(c1ccc(NS(=O)(=O)c2ccc(C(C)C)cc2)c2ccccc12)[C@@H](C)CC(=O)O.C#CCN(c1ccc(NS(=O)(=O)c2ccc(C(C)C)cc2)c2ccccc12)[C@@H](C)CC(=O)OC.[Li+].[OH-]. The van der Waals surface area contributed by atoms with Crippen LogP contribution < -0.4 is 38.1 Å². The fraction of sp³-hybridized carbons (Fsp3) is 0.283. The molecule has 0 heterocycles. The van der Waals surface area contributed by atoms with E-state index in [0.717, 1.165) is 38.7 Å². The van der Waals surface area contributed by atoms with E-state index in [-0.39, 0.29) is 78.1 Å². The van der Waals surface area contributed by atoms with Crippen molar-refractivity contribution < 1.29 is 60.6 Å². The number of terminal acetylenes is 2. The van der Waals surface area contributed by atoms with Gasteiger partial charge in [-0.25, -0.2) is 16.8 Å². The van der Waals surface area contributed by atoms with E-state index in [0.29, 0.717) is 28.6 Å². The maximum absolute atomic E-state index is 13.1. The topological polar surface area (TPSA) is 192 Å². The maximum atomic E-state index is 13.1. The van der Waals surface area contributed by atoms with E-state index in [4.69, 9.17) is 17.6 Å². The first-order valence-electron chi connectivity index (χ1n) is 21.8. The first-order chi connectivity index (χ1) is 31.8. The van der Waals surface area contributed by atoms with E-state index in [9.17, 15) is 31.5 Å². The number of benzene rings is 6. The molecular weight excluding hydrogens is 908 g/mol. The summed E-state index contributed by atoms with van der Waals surface area (Å²) < 4.78 is 62.6. The normalized spacial score (nSPS) is 11.9. The molecule has 0 aliphatic rings. The molecule has 0 fully saturated rings. The molecule has 0 radical (unpaired) electrons. The monoisotopic (exact) mass is 966 g/mol. The van der Waals surface area contributed by atoms with Crippen molar-refractivity contribution in [1.82, 2.24) is 0 Å². The van der Waals surface area contributed by atoms with Gasteiger partial charge in [0.25, 0.3) is 20.0 Å². The van der Waals surface area contributed by atoms with Crippen molar-refractivity contribution in [2.45, 2.75) is 88.1 Å². The number of carbonyl (C=O) groups excluding carboxylic acids is 1. The molecule has 0 saturated heterocycles. The number of rotatable bonds is 18. The van der Waals surface area contributed by atoms with E-state index in [1.165, 1.54) is 7.11 Å². The molecule has 0 amide bonds.